The highest BCUT2D eigenvalue weighted by atomic mass is 16.5. The second-order valence-electron chi connectivity index (χ2n) is 24.9. The van der Waals surface area contributed by atoms with E-state index in [2.05, 4.69) is 234 Å². The highest BCUT2D eigenvalue weighted by Gasteiger charge is 2.44. The van der Waals surface area contributed by atoms with Crippen molar-refractivity contribution in [2.24, 2.45) is 0 Å². The summed E-state index contributed by atoms with van der Waals surface area (Å²) in [6, 6.07) is 55.9. The number of anilines is 3. The topological polar surface area (TPSA) is 25.6 Å². The average molecular weight is 928 g/mol. The first-order chi connectivity index (χ1) is 33.7. The number of ether oxygens (including phenoxy) is 1. The fraction of sp³-hybridized carbons (Fsp3) is 0.284. The van der Waals surface area contributed by atoms with Crippen LogP contribution in [0.25, 0.3) is 55.3 Å². The summed E-state index contributed by atoms with van der Waals surface area (Å²) in [5.74, 6) is 1.81. The lowest BCUT2D eigenvalue weighted by Crippen LogP contribution is -2.59. The largest absolute Gasteiger partial charge is 0.458 e. The van der Waals surface area contributed by atoms with Crippen LogP contribution in [0.3, 0.4) is 0 Å². The van der Waals surface area contributed by atoms with Crippen molar-refractivity contribution >= 4 is 62.1 Å². The molecule has 3 nitrogen and oxygen atoms in total. The third-order valence-electron chi connectivity index (χ3n) is 15.9. The van der Waals surface area contributed by atoms with E-state index in [0.29, 0.717) is 0 Å². The quantitative estimate of drug-likeness (QED) is 0.165. The van der Waals surface area contributed by atoms with Crippen molar-refractivity contribution in [2.45, 2.75) is 124 Å². The fourth-order valence-electron chi connectivity index (χ4n) is 11.7. The van der Waals surface area contributed by atoms with Crippen molar-refractivity contribution in [3.05, 3.63) is 179 Å². The Kier molecular flexibility index (Phi) is 10.1. The van der Waals surface area contributed by atoms with Gasteiger partial charge in [-0.05, 0) is 179 Å². The van der Waals surface area contributed by atoms with Crippen LogP contribution in [0.1, 0.15) is 123 Å². The lowest BCUT2D eigenvalue weighted by Gasteiger charge is -2.41. The Hall–Kier alpha value is -6.78. The summed E-state index contributed by atoms with van der Waals surface area (Å²) in [5, 5.41) is 2.36. The van der Waals surface area contributed by atoms with Crippen molar-refractivity contribution in [3.8, 4) is 44.9 Å². The standard InChI is InChI=1S/C67H66BNO2/c1-64(2,3)47-21-16-40(17-22-47)43-34-44(41-18-23-48(24-19-41)65(4,5)6)36-45(35-43)46-37-56-61-59(38-46)70-57-32-27-50(67(10,11)12)39-55(57)68(61)54-31-33-58-60(53-30-20-42-14-13-15-52(42)63(53)71-58)62(54)69(56)51-28-25-49(26-29-51)66(7,8)9/h16-39H,13-15H2,1-12H3. The van der Waals surface area contributed by atoms with Gasteiger partial charge in [0.2, 0.25) is 0 Å². The molecule has 0 N–H and O–H groups in total. The first kappa shape index (κ1) is 45.4. The van der Waals surface area contributed by atoms with Gasteiger partial charge in [0, 0.05) is 16.8 Å². The molecule has 71 heavy (non-hydrogen) atoms. The molecule has 0 atom stereocenters. The maximum atomic E-state index is 7.28. The van der Waals surface area contributed by atoms with Gasteiger partial charge in [0.1, 0.15) is 22.7 Å². The molecule has 2 aliphatic heterocycles. The van der Waals surface area contributed by atoms with Crippen LogP contribution in [0, 0.1) is 0 Å². The van der Waals surface area contributed by atoms with Crippen LogP contribution in [0.15, 0.2) is 150 Å². The van der Waals surface area contributed by atoms with Crippen molar-refractivity contribution in [3.63, 3.8) is 0 Å². The normalized spacial score (nSPS) is 14.4. The summed E-state index contributed by atoms with van der Waals surface area (Å²) in [6.07, 6.45) is 3.32. The number of rotatable bonds is 4. The molecule has 1 aliphatic carbocycles. The molecule has 0 saturated carbocycles. The highest BCUT2D eigenvalue weighted by molar-refractivity contribution is 6.99. The molecule has 0 saturated heterocycles. The minimum Gasteiger partial charge on any atom is -0.458 e. The molecule has 1 aromatic heterocycles. The highest BCUT2D eigenvalue weighted by Crippen LogP contribution is 2.49. The first-order valence-electron chi connectivity index (χ1n) is 26.0. The van der Waals surface area contributed by atoms with Gasteiger partial charge in [0.05, 0.1) is 11.1 Å². The van der Waals surface area contributed by atoms with Gasteiger partial charge in [-0.15, -0.1) is 0 Å². The lowest BCUT2D eigenvalue weighted by atomic mass is 9.34. The van der Waals surface area contributed by atoms with Crippen LogP contribution in [-0.2, 0) is 34.5 Å². The molecular formula is C67H66BNO2. The molecule has 0 amide bonds. The molecular weight excluding hydrogens is 862 g/mol. The summed E-state index contributed by atoms with van der Waals surface area (Å²) in [7, 11) is 0. The molecule has 0 radical (unpaired) electrons. The third kappa shape index (κ3) is 7.63. The Balaban J connectivity index is 1.15. The van der Waals surface area contributed by atoms with E-state index in [-0.39, 0.29) is 28.4 Å². The lowest BCUT2D eigenvalue weighted by molar-refractivity contribution is 0.486. The Morgan fingerprint density at radius 3 is 1.56 bits per heavy atom. The summed E-state index contributed by atoms with van der Waals surface area (Å²) < 4.78 is 14.3. The van der Waals surface area contributed by atoms with E-state index < -0.39 is 0 Å². The van der Waals surface area contributed by atoms with Gasteiger partial charge in [-0.25, -0.2) is 0 Å². The van der Waals surface area contributed by atoms with Crippen LogP contribution < -0.4 is 26.0 Å². The second-order valence-corrected chi connectivity index (χ2v) is 24.9. The molecule has 354 valence electrons. The van der Waals surface area contributed by atoms with Crippen LogP contribution in [0.2, 0.25) is 0 Å². The van der Waals surface area contributed by atoms with E-state index in [9.17, 15) is 0 Å². The van der Waals surface area contributed by atoms with Gasteiger partial charge in [0.25, 0.3) is 6.71 Å². The van der Waals surface area contributed by atoms with E-state index in [0.717, 1.165) is 64.4 Å². The molecule has 3 aliphatic rings. The summed E-state index contributed by atoms with van der Waals surface area (Å²) in [5.41, 5.74) is 24.2. The second kappa shape index (κ2) is 15.9. The molecule has 0 unspecified atom stereocenters. The van der Waals surface area contributed by atoms with Gasteiger partial charge in [-0.2, -0.15) is 0 Å². The van der Waals surface area contributed by atoms with E-state index in [1.54, 1.807) is 0 Å². The zero-order valence-electron chi connectivity index (χ0n) is 43.8. The zero-order chi connectivity index (χ0) is 49.5. The average Bonchev–Trinajstić information content (AvgIpc) is 3.98. The number of nitrogens with zero attached hydrogens (tertiary/aromatic N) is 1. The molecule has 0 spiro atoms. The van der Waals surface area contributed by atoms with Crippen LogP contribution in [0.5, 0.6) is 11.5 Å². The summed E-state index contributed by atoms with van der Waals surface area (Å²) >= 11 is 0. The SMILES string of the molecule is CC(C)(C)c1ccc(-c2cc(-c3ccc(C(C)(C)C)cc3)cc(-c3cc4c5c(c3)N(c3ccc(C(C)(C)C)cc3)c3c(ccc6oc7c8c(ccc7c36)CCC8)B5c3cc(C(C)(C)C)ccc3O4)c2)cc1. The van der Waals surface area contributed by atoms with Crippen molar-refractivity contribution in [1.29, 1.82) is 0 Å². The van der Waals surface area contributed by atoms with Crippen LogP contribution in [-0.4, -0.2) is 6.71 Å². The van der Waals surface area contributed by atoms with Crippen molar-refractivity contribution in [1.82, 2.24) is 0 Å². The van der Waals surface area contributed by atoms with Gasteiger partial charge >= 0.3 is 0 Å². The predicted octanol–water partition coefficient (Wildman–Crippen LogP) is 16.7. The molecule has 9 aromatic rings. The van der Waals surface area contributed by atoms with Gasteiger partial charge in [-0.3, -0.25) is 0 Å². The van der Waals surface area contributed by atoms with Crippen LogP contribution >= 0.6 is 0 Å². The summed E-state index contributed by atoms with van der Waals surface area (Å²) in [4.78, 5) is 2.55. The molecule has 12 rings (SSSR count). The van der Waals surface area contributed by atoms with Crippen molar-refractivity contribution < 1.29 is 9.15 Å². The molecule has 0 bridgehead atoms. The number of aryl methyl sites for hydroxylation is 2. The van der Waals surface area contributed by atoms with Gasteiger partial charge < -0.3 is 14.1 Å². The third-order valence-corrected chi connectivity index (χ3v) is 15.9. The molecule has 8 aromatic carbocycles. The van der Waals surface area contributed by atoms with Crippen LogP contribution in [0.4, 0.5) is 17.1 Å². The maximum absolute atomic E-state index is 7.28. The molecule has 3 heterocycles. The number of furan rings is 1. The Morgan fingerprint density at radius 2 is 0.986 bits per heavy atom. The Morgan fingerprint density at radius 1 is 0.451 bits per heavy atom. The smallest absolute Gasteiger partial charge is 0.256 e. The number of hydrogen-bond donors (Lipinski definition) is 0. The number of fused-ring (bicyclic) bond motifs is 10. The molecule has 0 fully saturated rings. The van der Waals surface area contributed by atoms with Crippen molar-refractivity contribution in [2.75, 3.05) is 4.90 Å². The number of hydrogen-bond acceptors (Lipinski definition) is 3. The monoisotopic (exact) mass is 928 g/mol. The van der Waals surface area contributed by atoms with E-state index in [4.69, 9.17) is 9.15 Å². The maximum Gasteiger partial charge on any atom is 0.256 e. The predicted molar refractivity (Wildman–Crippen MR) is 303 cm³/mol. The summed E-state index contributed by atoms with van der Waals surface area (Å²) in [6.45, 7) is 27.4. The first-order valence-corrected chi connectivity index (χ1v) is 26.0. The fourth-order valence-corrected chi connectivity index (χ4v) is 11.7. The Bertz CT molecular complexity index is 3530. The molecule has 4 heteroatoms. The van der Waals surface area contributed by atoms with E-state index in [1.807, 2.05) is 0 Å². The zero-order valence-corrected chi connectivity index (χ0v) is 43.8. The van der Waals surface area contributed by atoms with Gasteiger partial charge in [0.15, 0.2) is 0 Å². The van der Waals surface area contributed by atoms with E-state index in [1.165, 1.54) is 88.5 Å². The number of benzene rings is 8. The minimum atomic E-state index is -0.0754. The van der Waals surface area contributed by atoms with Gasteiger partial charge in [-0.1, -0.05) is 174 Å². The Labute approximate surface area is 422 Å². The van der Waals surface area contributed by atoms with E-state index >= 15 is 0 Å². The minimum absolute atomic E-state index is 0.00207.